The maximum atomic E-state index is 9.59. The van der Waals surface area contributed by atoms with Crippen LogP contribution >= 0.6 is 0 Å². The van der Waals surface area contributed by atoms with E-state index in [4.69, 9.17) is 0 Å². The second-order valence-corrected chi connectivity index (χ2v) is 5.40. The summed E-state index contributed by atoms with van der Waals surface area (Å²) in [6.07, 6.45) is 4.61. The van der Waals surface area contributed by atoms with Crippen LogP contribution in [0.25, 0.3) is 0 Å². The lowest BCUT2D eigenvalue weighted by Gasteiger charge is -2.16. The van der Waals surface area contributed by atoms with E-state index in [1.165, 1.54) is 12.8 Å². The van der Waals surface area contributed by atoms with Gasteiger partial charge in [0.2, 0.25) is 0 Å². The van der Waals surface area contributed by atoms with Crippen molar-refractivity contribution in [3.8, 4) is 0 Å². The number of nitrogens with one attached hydrogen (secondary N) is 1. The molecule has 0 aromatic carbocycles. The molecule has 0 radical (unpaired) electrons. The molecule has 0 aromatic rings. The largest absolute Gasteiger partial charge is 0.392 e. The van der Waals surface area contributed by atoms with E-state index in [1.807, 2.05) is 0 Å². The summed E-state index contributed by atoms with van der Waals surface area (Å²) >= 11 is 0. The van der Waals surface area contributed by atoms with E-state index in [1.54, 1.807) is 0 Å². The van der Waals surface area contributed by atoms with Crippen molar-refractivity contribution < 1.29 is 5.11 Å². The van der Waals surface area contributed by atoms with Gasteiger partial charge in [0.25, 0.3) is 0 Å². The lowest BCUT2D eigenvalue weighted by molar-refractivity contribution is 0.148. The predicted molar refractivity (Wildman–Crippen MR) is 53.5 cm³/mol. The first-order valence-electron chi connectivity index (χ1n) is 5.51. The molecule has 2 N–H and O–H groups in total. The highest BCUT2D eigenvalue weighted by Gasteiger charge is 2.45. The summed E-state index contributed by atoms with van der Waals surface area (Å²) in [4.78, 5) is 0. The molecule has 0 heterocycles. The van der Waals surface area contributed by atoms with Gasteiger partial charge in [-0.05, 0) is 43.6 Å². The van der Waals surface area contributed by atoms with E-state index in [0.717, 1.165) is 25.3 Å². The molecule has 2 saturated carbocycles. The third-order valence-electron chi connectivity index (χ3n) is 3.82. The molecular formula is C11H21NO. The summed E-state index contributed by atoms with van der Waals surface area (Å²) in [5.74, 6) is 0.847. The zero-order valence-corrected chi connectivity index (χ0v) is 8.71. The minimum Gasteiger partial charge on any atom is -0.392 e. The Morgan fingerprint density at radius 2 is 2.08 bits per heavy atom. The van der Waals surface area contributed by atoms with E-state index >= 15 is 0 Å². The highest BCUT2D eigenvalue weighted by molar-refractivity contribution is 4.97. The van der Waals surface area contributed by atoms with E-state index in [9.17, 15) is 5.11 Å². The molecule has 2 aliphatic carbocycles. The Bertz CT molecular complexity index is 191. The average Bonchev–Trinajstić information content (AvgIpc) is 2.47. The average molecular weight is 183 g/mol. The molecule has 1 unspecified atom stereocenters. The molecule has 2 aliphatic rings. The number of hydrogen-bond donors (Lipinski definition) is 2. The molecule has 0 amide bonds. The van der Waals surface area contributed by atoms with Crippen molar-refractivity contribution in [3.05, 3.63) is 0 Å². The van der Waals surface area contributed by atoms with Crippen molar-refractivity contribution in [2.75, 3.05) is 6.54 Å². The normalized spacial score (nSPS) is 42.2. The molecule has 13 heavy (non-hydrogen) atoms. The fourth-order valence-electron chi connectivity index (χ4n) is 2.40. The van der Waals surface area contributed by atoms with Crippen molar-refractivity contribution in [1.29, 1.82) is 0 Å². The topological polar surface area (TPSA) is 32.3 Å². The van der Waals surface area contributed by atoms with Crippen LogP contribution in [0.4, 0.5) is 0 Å². The maximum absolute atomic E-state index is 9.59. The SMILES string of the molecule is CC1(C)CC1CN[C@@H]1CCC[C@H]1O. The number of hydrogen-bond acceptors (Lipinski definition) is 2. The summed E-state index contributed by atoms with van der Waals surface area (Å²) in [5, 5.41) is 13.1. The van der Waals surface area contributed by atoms with Gasteiger partial charge in [0.1, 0.15) is 0 Å². The molecule has 76 valence electrons. The quantitative estimate of drug-likeness (QED) is 0.695. The van der Waals surface area contributed by atoms with Crippen LogP contribution in [0.1, 0.15) is 39.5 Å². The molecule has 2 heteroatoms. The molecule has 0 bridgehead atoms. The third kappa shape index (κ3) is 2.05. The molecule has 0 aromatic heterocycles. The van der Waals surface area contributed by atoms with Crippen molar-refractivity contribution in [2.45, 2.75) is 51.7 Å². The summed E-state index contributed by atoms with van der Waals surface area (Å²) in [5.41, 5.74) is 0.566. The highest BCUT2D eigenvalue weighted by Crippen LogP contribution is 2.51. The second kappa shape index (κ2) is 3.25. The van der Waals surface area contributed by atoms with Crippen LogP contribution in [-0.4, -0.2) is 23.8 Å². The second-order valence-electron chi connectivity index (χ2n) is 5.40. The van der Waals surface area contributed by atoms with Crippen LogP contribution in [0.15, 0.2) is 0 Å². The summed E-state index contributed by atoms with van der Waals surface area (Å²) in [6, 6.07) is 0.386. The van der Waals surface area contributed by atoms with Crippen molar-refractivity contribution in [3.63, 3.8) is 0 Å². The highest BCUT2D eigenvalue weighted by atomic mass is 16.3. The summed E-state index contributed by atoms with van der Waals surface area (Å²) in [6.45, 7) is 5.75. The van der Waals surface area contributed by atoms with Gasteiger partial charge in [-0.25, -0.2) is 0 Å². The van der Waals surface area contributed by atoms with Crippen LogP contribution < -0.4 is 5.32 Å². The molecule has 0 saturated heterocycles. The zero-order chi connectivity index (χ0) is 9.47. The van der Waals surface area contributed by atoms with E-state index in [0.29, 0.717) is 11.5 Å². The monoisotopic (exact) mass is 183 g/mol. The van der Waals surface area contributed by atoms with Gasteiger partial charge in [-0.3, -0.25) is 0 Å². The van der Waals surface area contributed by atoms with Crippen LogP contribution in [0.2, 0.25) is 0 Å². The number of rotatable bonds is 3. The van der Waals surface area contributed by atoms with Gasteiger partial charge >= 0.3 is 0 Å². The lowest BCUT2D eigenvalue weighted by atomic mass is 10.1. The Morgan fingerprint density at radius 3 is 2.54 bits per heavy atom. The van der Waals surface area contributed by atoms with Gasteiger partial charge in [-0.1, -0.05) is 13.8 Å². The fraction of sp³-hybridized carbons (Fsp3) is 1.00. The van der Waals surface area contributed by atoms with Crippen LogP contribution in [0, 0.1) is 11.3 Å². The van der Waals surface area contributed by atoms with Crippen LogP contribution in [0.5, 0.6) is 0 Å². The standard InChI is InChI=1S/C11H21NO/c1-11(2)6-8(11)7-12-9-4-3-5-10(9)13/h8-10,12-13H,3-7H2,1-2H3/t8?,9-,10-/m1/s1. The van der Waals surface area contributed by atoms with E-state index in [2.05, 4.69) is 19.2 Å². The molecule has 2 fully saturated rings. The minimum atomic E-state index is -0.0816. The number of aliphatic hydroxyl groups is 1. The van der Waals surface area contributed by atoms with Crippen molar-refractivity contribution >= 4 is 0 Å². The molecule has 0 spiro atoms. The molecule has 0 aliphatic heterocycles. The van der Waals surface area contributed by atoms with Crippen molar-refractivity contribution in [1.82, 2.24) is 5.32 Å². The van der Waals surface area contributed by atoms with Gasteiger partial charge < -0.3 is 10.4 Å². The fourth-order valence-corrected chi connectivity index (χ4v) is 2.40. The minimum absolute atomic E-state index is 0.0816. The Morgan fingerprint density at radius 1 is 1.38 bits per heavy atom. The Labute approximate surface area is 80.7 Å². The Kier molecular flexibility index (Phi) is 2.37. The Hall–Kier alpha value is -0.0800. The smallest absolute Gasteiger partial charge is 0.0693 e. The first kappa shape index (κ1) is 9.47. The molecular weight excluding hydrogens is 162 g/mol. The Balaban J connectivity index is 1.68. The first-order chi connectivity index (χ1) is 6.09. The molecule has 3 atom stereocenters. The predicted octanol–water partition coefficient (Wildman–Crippen LogP) is 1.54. The van der Waals surface area contributed by atoms with E-state index < -0.39 is 0 Å². The first-order valence-corrected chi connectivity index (χ1v) is 5.51. The van der Waals surface area contributed by atoms with Crippen LogP contribution in [-0.2, 0) is 0 Å². The van der Waals surface area contributed by atoms with Crippen LogP contribution in [0.3, 0.4) is 0 Å². The third-order valence-corrected chi connectivity index (χ3v) is 3.82. The van der Waals surface area contributed by atoms with E-state index in [-0.39, 0.29) is 6.10 Å². The molecule has 2 rings (SSSR count). The maximum Gasteiger partial charge on any atom is 0.0693 e. The molecule has 2 nitrogen and oxygen atoms in total. The number of aliphatic hydroxyl groups excluding tert-OH is 1. The lowest BCUT2D eigenvalue weighted by Crippen LogP contribution is -2.37. The van der Waals surface area contributed by atoms with Gasteiger partial charge in [-0.2, -0.15) is 0 Å². The summed E-state index contributed by atoms with van der Waals surface area (Å²) in [7, 11) is 0. The summed E-state index contributed by atoms with van der Waals surface area (Å²) < 4.78 is 0. The van der Waals surface area contributed by atoms with Gasteiger partial charge in [0, 0.05) is 6.04 Å². The zero-order valence-electron chi connectivity index (χ0n) is 8.71. The van der Waals surface area contributed by atoms with Gasteiger partial charge in [0.05, 0.1) is 6.10 Å². The van der Waals surface area contributed by atoms with Gasteiger partial charge in [-0.15, -0.1) is 0 Å². The van der Waals surface area contributed by atoms with Gasteiger partial charge in [0.15, 0.2) is 0 Å². The van der Waals surface area contributed by atoms with Crippen molar-refractivity contribution in [2.24, 2.45) is 11.3 Å².